The fraction of sp³-hybridized carbons (Fsp3) is 0.220. The Morgan fingerprint density at radius 2 is 0.870 bits per heavy atom. The average molecular weight is 1070 g/mol. The number of benzene rings is 4. The molecular weight excluding hydrogens is 1020 g/mol. The molecule has 3 aromatic heterocycles. The zero-order valence-electron chi connectivity index (χ0n) is 40.1. The van der Waals surface area contributed by atoms with Crippen molar-refractivity contribution in [2.45, 2.75) is 75.2 Å². The van der Waals surface area contributed by atoms with Gasteiger partial charge in [-0.25, -0.2) is 20.1 Å². The van der Waals surface area contributed by atoms with E-state index < -0.39 is 22.8 Å². The number of nitriles is 2. The largest absolute Gasteiger partial charge is 2.00 e. The summed E-state index contributed by atoms with van der Waals surface area (Å²) in [6.07, 6.45) is 7.84. The third-order valence-corrected chi connectivity index (χ3v) is 11.6. The van der Waals surface area contributed by atoms with Crippen LogP contribution in [0.15, 0.2) is 140 Å². The van der Waals surface area contributed by atoms with Gasteiger partial charge < -0.3 is 13.8 Å². The molecule has 0 N–H and O–H groups in total. The Kier molecular flexibility index (Phi) is 25.0. The summed E-state index contributed by atoms with van der Waals surface area (Å²) < 4.78 is 65.4. The van der Waals surface area contributed by atoms with Crippen LogP contribution in [0.1, 0.15) is 78.9 Å². The Hall–Kier alpha value is -6.19. The Morgan fingerprint density at radius 3 is 1.13 bits per heavy atom. The summed E-state index contributed by atoms with van der Waals surface area (Å²) in [5.74, 6) is 1.81. The third kappa shape index (κ3) is 23.6. The number of carbonyl (C=O) groups excluding carboxylic acids is 1. The minimum absolute atomic E-state index is 0. The van der Waals surface area contributed by atoms with Crippen molar-refractivity contribution in [1.82, 2.24) is 29.1 Å². The second-order valence-electron chi connectivity index (χ2n) is 15.0. The predicted octanol–water partition coefficient (Wildman–Crippen LogP) is 13.0. The van der Waals surface area contributed by atoms with Gasteiger partial charge in [-0.05, 0) is 118 Å². The summed E-state index contributed by atoms with van der Waals surface area (Å²) in [4.78, 5) is 10.3. The van der Waals surface area contributed by atoms with E-state index in [4.69, 9.17) is 25.8 Å². The molecule has 0 saturated heterocycles. The summed E-state index contributed by atoms with van der Waals surface area (Å²) >= 11 is 0. The molecule has 0 spiro atoms. The van der Waals surface area contributed by atoms with Gasteiger partial charge in [-0.2, -0.15) is 10.5 Å². The van der Waals surface area contributed by atoms with Crippen molar-refractivity contribution in [1.29, 1.82) is 10.5 Å². The van der Waals surface area contributed by atoms with Crippen LogP contribution in [0.3, 0.4) is 0 Å². The zero-order chi connectivity index (χ0) is 51.0. The van der Waals surface area contributed by atoms with E-state index in [1.165, 1.54) is 35.8 Å². The molecule has 0 saturated carbocycles. The molecule has 0 aliphatic heterocycles. The van der Waals surface area contributed by atoms with Crippen LogP contribution in [-0.2, 0) is 24.3 Å². The van der Waals surface area contributed by atoms with E-state index in [2.05, 4.69) is 157 Å². The van der Waals surface area contributed by atoms with Crippen molar-refractivity contribution in [3.8, 4) is 12.1 Å². The van der Waals surface area contributed by atoms with Gasteiger partial charge in [-0.15, -0.1) is 0 Å². The molecule has 0 fully saturated rings. The SMILES string of the molecule is CC#N.CC#N.CCC/C=C\c1ccccc1C=C=O.Cc1cc(C)n([BH-](n2nc(C)cc2C)n2nc(C)cc2C)n1.F[P-](F)(F)(F)(F)F.[Ru+2].c1ccc(P(c2ccccc2)c2ccccc2)cc1. The fourth-order valence-electron chi connectivity index (χ4n) is 6.68. The molecule has 3 heterocycles. The maximum atomic E-state index is 10.3. The van der Waals surface area contributed by atoms with Crippen LogP contribution >= 0.6 is 15.7 Å². The van der Waals surface area contributed by atoms with Crippen LogP contribution < -0.4 is 15.9 Å². The van der Waals surface area contributed by atoms with Gasteiger partial charge in [0.05, 0.1) is 29.2 Å². The van der Waals surface area contributed by atoms with Gasteiger partial charge in [0.1, 0.15) is 5.94 Å². The molecule has 69 heavy (non-hydrogen) atoms. The minimum atomic E-state index is -10.7. The van der Waals surface area contributed by atoms with Crippen molar-refractivity contribution < 1.29 is 49.5 Å². The van der Waals surface area contributed by atoms with Gasteiger partial charge in [-0.3, -0.25) is 0 Å². The van der Waals surface area contributed by atoms with Crippen LogP contribution in [0.25, 0.3) is 12.2 Å². The first-order valence-electron chi connectivity index (χ1n) is 21.3. The van der Waals surface area contributed by atoms with Crippen LogP contribution in [0.2, 0.25) is 0 Å². The summed E-state index contributed by atoms with van der Waals surface area (Å²) in [7, 11) is -12.4. The predicted molar refractivity (Wildman–Crippen MR) is 270 cm³/mol. The maximum Gasteiger partial charge on any atom is 2.00 e. The molecule has 0 aliphatic carbocycles. The molecule has 0 aliphatic rings. The van der Waals surface area contributed by atoms with E-state index in [1.807, 2.05) is 51.1 Å². The van der Waals surface area contributed by atoms with E-state index >= 15 is 0 Å². The Balaban J connectivity index is 0.000000463. The van der Waals surface area contributed by atoms with Gasteiger partial charge in [0, 0.05) is 19.9 Å². The van der Waals surface area contributed by atoms with Crippen molar-refractivity contribution in [2.75, 3.05) is 0 Å². The normalized spacial score (nSPS) is 11.2. The van der Waals surface area contributed by atoms with Crippen LogP contribution in [0.4, 0.5) is 25.2 Å². The maximum absolute atomic E-state index is 10.7. The van der Waals surface area contributed by atoms with Gasteiger partial charge in [0.15, 0.2) is 0 Å². The molecule has 7 aromatic rings. The molecule has 4 aromatic carbocycles. The summed E-state index contributed by atoms with van der Waals surface area (Å²) in [5, 5.41) is 32.9. The zero-order valence-corrected chi connectivity index (χ0v) is 43.6. The summed E-state index contributed by atoms with van der Waals surface area (Å²) in [6, 6.07) is 49.9. The number of aryl methyl sites for hydroxylation is 6. The first kappa shape index (κ1) is 60.8. The van der Waals surface area contributed by atoms with Gasteiger partial charge >= 0.3 is 59.6 Å². The molecular formula is C50H57BF6N8OP2Ru. The number of rotatable bonds is 10. The summed E-state index contributed by atoms with van der Waals surface area (Å²) in [6.45, 7) is 17.3. The molecule has 0 unspecified atom stereocenters. The molecule has 19 heteroatoms. The molecule has 0 atom stereocenters. The quantitative estimate of drug-likeness (QED) is 0.0583. The van der Waals surface area contributed by atoms with Gasteiger partial charge in [-0.1, -0.05) is 141 Å². The number of hydrogen-bond donors (Lipinski definition) is 0. The number of aromatic nitrogens is 6. The van der Waals surface area contributed by atoms with E-state index in [9.17, 15) is 30.0 Å². The van der Waals surface area contributed by atoms with Gasteiger partial charge in [0.25, 0.3) is 0 Å². The number of nitrogens with zero attached hydrogens (tertiary/aromatic N) is 8. The number of allylic oxidation sites excluding steroid dienone is 1. The molecule has 0 amide bonds. The minimum Gasteiger partial charge on any atom is -0.0622 e. The Bertz CT molecular complexity index is 2560. The number of hydrogen-bond acceptors (Lipinski definition) is 6. The van der Waals surface area contributed by atoms with Gasteiger partial charge in [0.2, 0.25) is 0 Å². The number of halogens is 6. The number of unbranched alkanes of at least 4 members (excludes halogenated alkanes) is 1. The Morgan fingerprint density at radius 1 is 0.580 bits per heavy atom. The van der Waals surface area contributed by atoms with Crippen LogP contribution in [-0.4, -0.2) is 42.1 Å². The molecule has 7 rings (SSSR count). The molecule has 0 radical (unpaired) electrons. The van der Waals surface area contributed by atoms with Crippen molar-refractivity contribution >= 4 is 56.9 Å². The van der Waals surface area contributed by atoms with Crippen molar-refractivity contribution in [3.63, 3.8) is 0 Å². The van der Waals surface area contributed by atoms with E-state index in [0.29, 0.717) is 0 Å². The van der Waals surface area contributed by atoms with E-state index in [-0.39, 0.29) is 19.5 Å². The average Bonchev–Trinajstić information content (AvgIpc) is 3.92. The Labute approximate surface area is 416 Å². The fourth-order valence-corrected chi connectivity index (χ4v) is 8.98. The standard InChI is InChI=1S/C18H15P.C15H22BN6.C13H14O.2C2H3N.F6P.Ru/c1-4-10-16(11-5-1)19(17-12-6-2-7-13-17)18-14-8-3-9-15-18;1-10-7-13(4)20(17-10)16(21-14(5)8-11(2)18-21)22-15(6)9-12(3)19-22;1-2-3-4-7-12-8-5-6-9-13(12)10-11-14;2*1-2-3;1-7(2,3,4,5)6;/h1-15H;7-9,16H,1-6H3;4-10H,2-3H2,1H3;2*1H3;;/q;-1;;;;-1;+2/b;;7-4-;;;;. The van der Waals surface area contributed by atoms with E-state index in [0.717, 1.165) is 58.1 Å². The second kappa shape index (κ2) is 28.3. The van der Waals surface area contributed by atoms with Crippen LogP contribution in [0.5, 0.6) is 0 Å². The monoisotopic (exact) mass is 1070 g/mol. The smallest absolute Gasteiger partial charge is 0.0622 e. The molecule has 366 valence electrons. The second-order valence-corrected chi connectivity index (χ2v) is 19.2. The van der Waals surface area contributed by atoms with E-state index in [1.54, 1.807) is 18.1 Å². The topological polar surface area (TPSA) is 118 Å². The first-order valence-corrected chi connectivity index (χ1v) is 24.7. The third-order valence-electron chi connectivity index (χ3n) is 9.12. The first-order chi connectivity index (χ1) is 32.0. The van der Waals surface area contributed by atoms with Crippen molar-refractivity contribution in [3.05, 3.63) is 185 Å². The summed E-state index contributed by atoms with van der Waals surface area (Å²) in [5.41, 5.74) is 8.40. The van der Waals surface area contributed by atoms with Crippen molar-refractivity contribution in [2.24, 2.45) is 0 Å². The molecule has 9 nitrogen and oxygen atoms in total. The van der Waals surface area contributed by atoms with Crippen LogP contribution in [0, 0.1) is 64.2 Å². The molecule has 0 bridgehead atoms.